The van der Waals surface area contributed by atoms with Gasteiger partial charge in [0.05, 0.1) is 31.2 Å². The van der Waals surface area contributed by atoms with Gasteiger partial charge in [-0.1, -0.05) is 6.07 Å². The molecule has 5 nitrogen and oxygen atoms in total. The molecule has 5 heteroatoms. The number of ether oxygens (including phenoxy) is 2. The van der Waals surface area contributed by atoms with Crippen molar-refractivity contribution in [2.45, 2.75) is 20.0 Å². The zero-order chi connectivity index (χ0) is 13.2. The molecule has 19 heavy (non-hydrogen) atoms. The van der Waals surface area contributed by atoms with Crippen LogP contribution in [-0.4, -0.2) is 23.0 Å². The van der Waals surface area contributed by atoms with Crippen molar-refractivity contribution in [2.24, 2.45) is 0 Å². The number of hydrogen-bond donors (Lipinski definition) is 1. The van der Waals surface area contributed by atoms with Crippen LogP contribution in [0.4, 0.5) is 5.82 Å². The summed E-state index contributed by atoms with van der Waals surface area (Å²) >= 11 is 0. The Balaban J connectivity index is 2.04. The number of nitrogens with zero attached hydrogens (tertiary/aromatic N) is 2. The molecule has 0 atom stereocenters. The summed E-state index contributed by atoms with van der Waals surface area (Å²) in [6, 6.07) is 7.88. The fraction of sp³-hybridized carbons (Fsp3) is 0.357. The average molecular weight is 259 g/mol. The highest BCUT2D eigenvalue weighted by Gasteiger charge is 2.20. The number of hydrogen-bond acceptors (Lipinski definition) is 4. The predicted molar refractivity (Wildman–Crippen MR) is 72.5 cm³/mol. The first-order valence-electron chi connectivity index (χ1n) is 6.47. The second-order valence-corrected chi connectivity index (χ2v) is 4.46. The molecule has 100 valence electrons. The van der Waals surface area contributed by atoms with Crippen LogP contribution in [0.5, 0.6) is 5.75 Å². The maximum atomic E-state index is 5.95. The van der Waals surface area contributed by atoms with E-state index in [1.165, 1.54) is 0 Å². The monoisotopic (exact) mass is 259 g/mol. The second-order valence-electron chi connectivity index (χ2n) is 4.46. The van der Waals surface area contributed by atoms with Gasteiger partial charge >= 0.3 is 0 Å². The summed E-state index contributed by atoms with van der Waals surface area (Å²) < 4.78 is 12.9. The van der Waals surface area contributed by atoms with Gasteiger partial charge in [0.2, 0.25) is 0 Å². The third kappa shape index (κ3) is 2.17. The Morgan fingerprint density at radius 1 is 1.47 bits per heavy atom. The van der Waals surface area contributed by atoms with Gasteiger partial charge in [-0.25, -0.2) is 4.68 Å². The highest BCUT2D eigenvalue weighted by Crippen LogP contribution is 2.26. The van der Waals surface area contributed by atoms with Gasteiger partial charge in [0.15, 0.2) is 5.82 Å². The Labute approximate surface area is 111 Å². The van der Waals surface area contributed by atoms with E-state index in [9.17, 15) is 0 Å². The molecule has 1 aliphatic heterocycles. The van der Waals surface area contributed by atoms with E-state index in [0.717, 1.165) is 29.1 Å². The number of nitrogens with two attached hydrogens (primary N) is 1. The third-order valence-corrected chi connectivity index (χ3v) is 3.22. The van der Waals surface area contributed by atoms with Crippen molar-refractivity contribution in [3.05, 3.63) is 35.5 Å². The molecule has 1 aliphatic rings. The van der Waals surface area contributed by atoms with Crippen LogP contribution in [0.25, 0.3) is 5.69 Å². The highest BCUT2D eigenvalue weighted by molar-refractivity contribution is 5.49. The molecule has 0 radical (unpaired) electrons. The molecule has 0 unspecified atom stereocenters. The summed E-state index contributed by atoms with van der Waals surface area (Å²) in [4.78, 5) is 0. The van der Waals surface area contributed by atoms with Gasteiger partial charge in [0.1, 0.15) is 5.75 Å². The van der Waals surface area contributed by atoms with E-state index in [4.69, 9.17) is 15.2 Å². The Morgan fingerprint density at radius 2 is 2.37 bits per heavy atom. The van der Waals surface area contributed by atoms with Crippen molar-refractivity contribution in [2.75, 3.05) is 18.9 Å². The molecule has 3 rings (SSSR count). The lowest BCUT2D eigenvalue weighted by atomic mass is 10.1. The van der Waals surface area contributed by atoms with Crippen molar-refractivity contribution in [3.63, 3.8) is 0 Å². The first-order valence-corrected chi connectivity index (χ1v) is 6.47. The smallest absolute Gasteiger partial charge is 0.151 e. The molecule has 0 saturated heterocycles. The molecule has 1 aromatic heterocycles. The van der Waals surface area contributed by atoms with Crippen LogP contribution in [0, 0.1) is 0 Å². The van der Waals surface area contributed by atoms with Crippen LogP contribution in [0.2, 0.25) is 0 Å². The van der Waals surface area contributed by atoms with Crippen molar-refractivity contribution in [1.82, 2.24) is 9.78 Å². The van der Waals surface area contributed by atoms with Crippen molar-refractivity contribution in [3.8, 4) is 11.4 Å². The van der Waals surface area contributed by atoms with Crippen LogP contribution in [-0.2, 0) is 17.8 Å². The zero-order valence-corrected chi connectivity index (χ0v) is 10.9. The number of rotatable bonds is 3. The summed E-state index contributed by atoms with van der Waals surface area (Å²) in [5, 5.41) is 4.42. The molecular weight excluding hydrogens is 242 g/mol. The van der Waals surface area contributed by atoms with Crippen molar-refractivity contribution in [1.29, 1.82) is 0 Å². The van der Waals surface area contributed by atoms with Crippen LogP contribution in [0.15, 0.2) is 24.3 Å². The van der Waals surface area contributed by atoms with Gasteiger partial charge in [0, 0.05) is 18.1 Å². The van der Waals surface area contributed by atoms with Gasteiger partial charge in [-0.2, -0.15) is 5.10 Å². The Morgan fingerprint density at radius 3 is 3.21 bits per heavy atom. The van der Waals surface area contributed by atoms with Gasteiger partial charge in [-0.05, 0) is 19.1 Å². The van der Waals surface area contributed by atoms with Gasteiger partial charge in [-0.15, -0.1) is 0 Å². The average Bonchev–Trinajstić information content (AvgIpc) is 2.78. The SMILES string of the molecule is CCOc1cccc(-n2nc(N)c3c2CCOC3)c1. The standard InChI is InChI=1S/C14H17N3O2/c1-2-19-11-5-3-4-10(8-11)17-13-6-7-18-9-12(13)14(15)16-17/h3-5,8H,2,6-7,9H2,1H3,(H2,15,16). The highest BCUT2D eigenvalue weighted by atomic mass is 16.5. The predicted octanol–water partition coefficient (Wildman–Crippen LogP) is 1.93. The Kier molecular flexibility index (Phi) is 3.13. The lowest BCUT2D eigenvalue weighted by molar-refractivity contribution is 0.110. The molecule has 2 heterocycles. The van der Waals surface area contributed by atoms with E-state index in [-0.39, 0.29) is 0 Å². The maximum absolute atomic E-state index is 5.95. The summed E-state index contributed by atoms with van der Waals surface area (Å²) in [7, 11) is 0. The third-order valence-electron chi connectivity index (χ3n) is 3.22. The largest absolute Gasteiger partial charge is 0.494 e. The Bertz CT molecular complexity index is 592. The molecule has 0 spiro atoms. The van der Waals surface area contributed by atoms with Crippen LogP contribution in [0.3, 0.4) is 0 Å². The summed E-state index contributed by atoms with van der Waals surface area (Å²) in [5.41, 5.74) is 9.07. The molecular formula is C14H17N3O2. The maximum Gasteiger partial charge on any atom is 0.151 e. The van der Waals surface area contributed by atoms with E-state index < -0.39 is 0 Å². The fourth-order valence-corrected chi connectivity index (χ4v) is 2.35. The minimum absolute atomic E-state index is 0.548. The molecule has 0 saturated carbocycles. The Hall–Kier alpha value is -2.01. The molecule has 2 N–H and O–H groups in total. The van der Waals surface area contributed by atoms with Crippen LogP contribution >= 0.6 is 0 Å². The molecule has 0 amide bonds. The van der Waals surface area contributed by atoms with E-state index >= 15 is 0 Å². The fourth-order valence-electron chi connectivity index (χ4n) is 2.35. The van der Waals surface area contributed by atoms with Gasteiger partial charge in [-0.3, -0.25) is 0 Å². The molecule has 0 bridgehead atoms. The zero-order valence-electron chi connectivity index (χ0n) is 10.9. The number of nitrogen functional groups attached to an aromatic ring is 1. The molecule has 0 aliphatic carbocycles. The quantitative estimate of drug-likeness (QED) is 0.914. The minimum Gasteiger partial charge on any atom is -0.494 e. The first kappa shape index (κ1) is 12.0. The summed E-state index contributed by atoms with van der Waals surface area (Å²) in [5.74, 6) is 1.39. The van der Waals surface area contributed by atoms with E-state index in [1.807, 2.05) is 35.9 Å². The lowest BCUT2D eigenvalue weighted by Gasteiger charge is -2.15. The number of benzene rings is 1. The molecule has 0 fully saturated rings. The number of aromatic nitrogens is 2. The normalized spacial score (nSPS) is 14.2. The van der Waals surface area contributed by atoms with Gasteiger partial charge in [0.25, 0.3) is 0 Å². The summed E-state index contributed by atoms with van der Waals surface area (Å²) in [6.45, 7) is 3.88. The van der Waals surface area contributed by atoms with E-state index in [1.54, 1.807) is 0 Å². The number of anilines is 1. The molecule has 1 aromatic carbocycles. The van der Waals surface area contributed by atoms with E-state index in [0.29, 0.717) is 25.6 Å². The van der Waals surface area contributed by atoms with Crippen LogP contribution in [0.1, 0.15) is 18.2 Å². The van der Waals surface area contributed by atoms with Crippen LogP contribution < -0.4 is 10.5 Å². The second kappa shape index (κ2) is 4.93. The van der Waals surface area contributed by atoms with Crippen molar-refractivity contribution >= 4 is 5.82 Å². The molecule has 2 aromatic rings. The van der Waals surface area contributed by atoms with Gasteiger partial charge < -0.3 is 15.2 Å². The minimum atomic E-state index is 0.548. The topological polar surface area (TPSA) is 62.3 Å². The van der Waals surface area contributed by atoms with Crippen molar-refractivity contribution < 1.29 is 9.47 Å². The summed E-state index contributed by atoms with van der Waals surface area (Å²) in [6.07, 6.45) is 0.832. The van der Waals surface area contributed by atoms with E-state index in [2.05, 4.69) is 5.10 Å². The lowest BCUT2D eigenvalue weighted by Crippen LogP contribution is -2.13. The first-order chi connectivity index (χ1) is 9.29. The number of fused-ring (bicyclic) bond motifs is 1.